The van der Waals surface area contributed by atoms with Gasteiger partial charge in [-0.2, -0.15) is 4.52 Å². The lowest BCUT2D eigenvalue weighted by molar-refractivity contribution is 0.827. The van der Waals surface area contributed by atoms with Gasteiger partial charge in [0.2, 0.25) is 5.65 Å². The van der Waals surface area contributed by atoms with Gasteiger partial charge in [-0.05, 0) is 53.2 Å². The molecule has 3 aromatic heterocycles. The van der Waals surface area contributed by atoms with Crippen LogP contribution in [0.1, 0.15) is 5.56 Å². The average Bonchev–Trinajstić information content (AvgIpc) is 3.18. The van der Waals surface area contributed by atoms with Gasteiger partial charge in [0.05, 0.1) is 11.2 Å². The number of rotatable bonds is 2. The summed E-state index contributed by atoms with van der Waals surface area (Å²) in [6.45, 7) is 2.06. The van der Waals surface area contributed by atoms with Gasteiger partial charge in [0.25, 0.3) is 0 Å². The van der Waals surface area contributed by atoms with E-state index in [9.17, 15) is 0 Å². The van der Waals surface area contributed by atoms with Crippen LogP contribution in [0.15, 0.2) is 54.7 Å². The molecule has 0 bridgehead atoms. The second-order valence-corrected chi connectivity index (χ2v) is 6.92. The van der Waals surface area contributed by atoms with Crippen molar-refractivity contribution in [2.24, 2.45) is 0 Å². The number of fused-ring (bicyclic) bond motifs is 2. The van der Waals surface area contributed by atoms with E-state index in [-0.39, 0.29) is 5.82 Å². The van der Waals surface area contributed by atoms with E-state index < -0.39 is 0 Å². The van der Waals surface area contributed by atoms with Gasteiger partial charge in [-0.25, -0.2) is 4.98 Å². The molecule has 0 atom stereocenters. The Morgan fingerprint density at radius 2 is 1.93 bits per heavy atom. The van der Waals surface area contributed by atoms with Crippen molar-refractivity contribution < 1.29 is 0 Å². The van der Waals surface area contributed by atoms with Gasteiger partial charge in [0, 0.05) is 27.7 Å². The number of tetrazole rings is 1. The average molecular weight is 388 g/mol. The lowest BCUT2D eigenvalue weighted by Crippen LogP contribution is -2.05. The second kappa shape index (κ2) is 6.24. The monoisotopic (exact) mass is 387 g/mol. The van der Waals surface area contributed by atoms with Crippen molar-refractivity contribution in [3.8, 4) is 22.5 Å². The second-order valence-electron chi connectivity index (χ2n) is 6.48. The summed E-state index contributed by atoms with van der Waals surface area (Å²) < 4.78 is 1.62. The molecule has 5 rings (SSSR count). The molecule has 0 fully saturated rings. The molecule has 136 valence electrons. The van der Waals surface area contributed by atoms with Crippen molar-refractivity contribution in [1.29, 1.82) is 0 Å². The molecule has 0 saturated heterocycles. The Balaban J connectivity index is 1.88. The number of anilines is 1. The molecular weight excluding hydrogens is 374 g/mol. The highest BCUT2D eigenvalue weighted by Crippen LogP contribution is 2.34. The summed E-state index contributed by atoms with van der Waals surface area (Å²) in [5.74, 6) is 0.252. The highest BCUT2D eigenvalue weighted by molar-refractivity contribution is 6.30. The molecule has 0 aliphatic rings. The molecule has 5 aromatic rings. The van der Waals surface area contributed by atoms with Crippen molar-refractivity contribution in [1.82, 2.24) is 30.0 Å². The third-order valence-corrected chi connectivity index (χ3v) is 4.93. The maximum atomic E-state index is 6.21. The molecule has 8 heteroatoms. The van der Waals surface area contributed by atoms with Gasteiger partial charge in [0.1, 0.15) is 5.69 Å². The fourth-order valence-electron chi connectivity index (χ4n) is 3.35. The molecule has 28 heavy (non-hydrogen) atoms. The van der Waals surface area contributed by atoms with Gasteiger partial charge in [-0.1, -0.05) is 29.8 Å². The predicted octanol–water partition coefficient (Wildman–Crippen LogP) is 3.95. The lowest BCUT2D eigenvalue weighted by Gasteiger charge is -2.13. The summed E-state index contributed by atoms with van der Waals surface area (Å²) in [7, 11) is 0. The van der Waals surface area contributed by atoms with E-state index in [0.29, 0.717) is 16.4 Å². The number of pyridine rings is 1. The highest BCUT2D eigenvalue weighted by Gasteiger charge is 2.19. The Kier molecular flexibility index (Phi) is 3.70. The van der Waals surface area contributed by atoms with E-state index in [1.165, 1.54) is 0 Å². The fraction of sp³-hybridized carbons (Fsp3) is 0.0500. The highest BCUT2D eigenvalue weighted by atomic mass is 35.5. The minimum atomic E-state index is 0.252. The Morgan fingerprint density at radius 3 is 2.79 bits per heavy atom. The quantitative estimate of drug-likeness (QED) is 0.493. The summed E-state index contributed by atoms with van der Waals surface area (Å²) >= 11 is 6.21. The van der Waals surface area contributed by atoms with Crippen molar-refractivity contribution in [3.63, 3.8) is 0 Å². The van der Waals surface area contributed by atoms with Gasteiger partial charge in [-0.15, -0.1) is 5.10 Å². The number of nitrogens with two attached hydrogens (primary N) is 1. The zero-order chi connectivity index (χ0) is 19.3. The zero-order valence-electron chi connectivity index (χ0n) is 14.8. The van der Waals surface area contributed by atoms with Gasteiger partial charge in [-0.3, -0.25) is 4.98 Å². The van der Waals surface area contributed by atoms with Crippen LogP contribution >= 0.6 is 11.6 Å². The number of halogens is 1. The molecule has 0 spiro atoms. The van der Waals surface area contributed by atoms with E-state index in [4.69, 9.17) is 17.3 Å². The van der Waals surface area contributed by atoms with Crippen LogP contribution in [0.25, 0.3) is 39.1 Å². The Hall–Kier alpha value is -3.58. The van der Waals surface area contributed by atoms with Crippen molar-refractivity contribution in [3.05, 3.63) is 65.3 Å². The molecule has 0 aliphatic carbocycles. The smallest absolute Gasteiger partial charge is 0.222 e. The fourth-order valence-corrected chi connectivity index (χ4v) is 3.54. The first kappa shape index (κ1) is 16.6. The molecule has 2 aromatic carbocycles. The first-order chi connectivity index (χ1) is 13.6. The summed E-state index contributed by atoms with van der Waals surface area (Å²) in [5, 5.41) is 13.6. The van der Waals surface area contributed by atoms with Crippen LogP contribution in [-0.2, 0) is 0 Å². The van der Waals surface area contributed by atoms with Crippen LogP contribution in [0.3, 0.4) is 0 Å². The van der Waals surface area contributed by atoms with Gasteiger partial charge in [0.15, 0.2) is 5.82 Å². The Labute approximate surface area is 164 Å². The van der Waals surface area contributed by atoms with E-state index in [2.05, 4.69) is 38.5 Å². The summed E-state index contributed by atoms with van der Waals surface area (Å²) in [5.41, 5.74) is 11.7. The molecule has 0 radical (unpaired) electrons. The number of aryl methyl sites for hydroxylation is 1. The summed E-state index contributed by atoms with van der Waals surface area (Å²) in [6, 6.07) is 15.5. The third-order valence-electron chi connectivity index (χ3n) is 4.70. The number of nitrogens with zero attached hydrogens (tertiary/aromatic N) is 6. The van der Waals surface area contributed by atoms with E-state index in [0.717, 1.165) is 33.3 Å². The molecule has 0 amide bonds. The van der Waals surface area contributed by atoms with Crippen LogP contribution in [0.2, 0.25) is 5.02 Å². The van der Waals surface area contributed by atoms with Crippen molar-refractivity contribution >= 4 is 34.0 Å². The lowest BCUT2D eigenvalue weighted by atomic mass is 10.0. The summed E-state index contributed by atoms with van der Waals surface area (Å²) in [6.07, 6.45) is 1.80. The number of hydrogen-bond donors (Lipinski definition) is 1. The first-order valence-electron chi connectivity index (χ1n) is 8.61. The van der Waals surface area contributed by atoms with Crippen LogP contribution in [0.5, 0.6) is 0 Å². The standard InChI is InChI=1S/C20H14ClN7/c1-11-7-8-23-16-6-5-13(10-15(11)16)18-17(12-3-2-4-14(21)9-12)24-19(22)20-25-26-27-28(18)20/h2-10H,1H3,(H2,22,24). The topological polar surface area (TPSA) is 94.9 Å². The molecule has 2 N–H and O–H groups in total. The number of nitrogen functional groups attached to an aromatic ring is 1. The van der Waals surface area contributed by atoms with Crippen molar-refractivity contribution in [2.45, 2.75) is 6.92 Å². The minimum Gasteiger partial charge on any atom is -0.380 e. The van der Waals surface area contributed by atoms with Crippen molar-refractivity contribution in [2.75, 3.05) is 5.73 Å². The zero-order valence-corrected chi connectivity index (χ0v) is 15.6. The minimum absolute atomic E-state index is 0.252. The number of benzene rings is 2. The van der Waals surface area contributed by atoms with E-state index >= 15 is 0 Å². The molecule has 0 aliphatic heterocycles. The Morgan fingerprint density at radius 1 is 1.04 bits per heavy atom. The largest absolute Gasteiger partial charge is 0.380 e. The molecule has 0 saturated carbocycles. The molecule has 7 nitrogen and oxygen atoms in total. The third kappa shape index (κ3) is 2.56. The van der Waals surface area contributed by atoms with Gasteiger partial charge < -0.3 is 5.73 Å². The maximum Gasteiger partial charge on any atom is 0.222 e. The maximum absolute atomic E-state index is 6.21. The van der Waals surface area contributed by atoms with E-state index in [1.54, 1.807) is 10.7 Å². The Bertz CT molecular complexity index is 1360. The predicted molar refractivity (Wildman–Crippen MR) is 109 cm³/mol. The molecule has 0 unspecified atom stereocenters. The molecule has 3 heterocycles. The van der Waals surface area contributed by atoms with Crippen LogP contribution < -0.4 is 5.73 Å². The van der Waals surface area contributed by atoms with E-state index in [1.807, 2.05) is 42.5 Å². The van der Waals surface area contributed by atoms with Crippen LogP contribution in [0.4, 0.5) is 5.82 Å². The van der Waals surface area contributed by atoms with Crippen LogP contribution in [-0.4, -0.2) is 30.0 Å². The van der Waals surface area contributed by atoms with Gasteiger partial charge >= 0.3 is 0 Å². The molecular formula is C20H14ClN7. The number of hydrogen-bond acceptors (Lipinski definition) is 6. The number of aromatic nitrogens is 6. The SMILES string of the molecule is Cc1ccnc2ccc(-c3c(-c4cccc(Cl)c4)nc(N)c4nnnn34)cc12. The first-order valence-corrected chi connectivity index (χ1v) is 8.99. The van der Waals surface area contributed by atoms with Crippen LogP contribution in [0, 0.1) is 6.92 Å². The summed E-state index contributed by atoms with van der Waals surface area (Å²) in [4.78, 5) is 9.04. The normalized spacial score (nSPS) is 11.4.